The summed E-state index contributed by atoms with van der Waals surface area (Å²) in [5.41, 5.74) is 0.446. The Balaban J connectivity index is 1.98. The van der Waals surface area contributed by atoms with Crippen molar-refractivity contribution in [2.75, 3.05) is 6.61 Å². The summed E-state index contributed by atoms with van der Waals surface area (Å²) in [6.07, 6.45) is 6.32. The molecule has 0 bridgehead atoms. The molecule has 0 heterocycles. The van der Waals surface area contributed by atoms with E-state index in [1.807, 2.05) is 6.92 Å². The topological polar surface area (TPSA) is 102 Å². The number of amides is 1. The molecule has 2 N–H and O–H groups in total. The van der Waals surface area contributed by atoms with Gasteiger partial charge in [0.05, 0.1) is 17.6 Å². The Morgan fingerprint density at radius 2 is 2.12 bits per heavy atom. The smallest absolute Gasteiger partial charge is 0.311 e. The van der Waals surface area contributed by atoms with E-state index in [1.165, 1.54) is 12.1 Å². The maximum atomic E-state index is 12.0. The van der Waals surface area contributed by atoms with Gasteiger partial charge in [0, 0.05) is 18.2 Å². The molecule has 1 amide bonds. The van der Waals surface area contributed by atoms with Gasteiger partial charge in [0.2, 0.25) is 5.91 Å². The zero-order valence-corrected chi connectivity index (χ0v) is 14.3. The van der Waals surface area contributed by atoms with Crippen molar-refractivity contribution in [3.05, 3.63) is 40.0 Å². The van der Waals surface area contributed by atoms with E-state index in [4.69, 9.17) is 4.74 Å². The fourth-order valence-electron chi connectivity index (χ4n) is 2.76. The van der Waals surface area contributed by atoms with Crippen LogP contribution in [0.5, 0.6) is 5.75 Å². The van der Waals surface area contributed by atoms with Crippen LogP contribution < -0.4 is 10.1 Å². The van der Waals surface area contributed by atoms with Crippen LogP contribution in [-0.4, -0.2) is 34.7 Å². The Morgan fingerprint density at radius 1 is 1.40 bits per heavy atom. The number of ether oxygens (including phenoxy) is 1. The number of carbonyl (C=O) groups excluding carboxylic acids is 1. The molecule has 1 saturated carbocycles. The van der Waals surface area contributed by atoms with Crippen LogP contribution in [0, 0.1) is 10.1 Å². The molecular formula is C18H24N2O5. The van der Waals surface area contributed by atoms with E-state index in [9.17, 15) is 20.0 Å². The van der Waals surface area contributed by atoms with Gasteiger partial charge in [-0.2, -0.15) is 0 Å². The molecule has 0 radical (unpaired) electrons. The summed E-state index contributed by atoms with van der Waals surface area (Å²) in [4.78, 5) is 22.7. The van der Waals surface area contributed by atoms with Crippen LogP contribution in [0.2, 0.25) is 0 Å². The van der Waals surface area contributed by atoms with Crippen LogP contribution >= 0.6 is 0 Å². The molecule has 1 aromatic rings. The number of nitrogens with zero attached hydrogens (tertiary/aromatic N) is 1. The van der Waals surface area contributed by atoms with Crippen molar-refractivity contribution in [2.24, 2.45) is 0 Å². The Bertz CT molecular complexity index is 636. The molecule has 136 valence electrons. The van der Waals surface area contributed by atoms with Gasteiger partial charge in [-0.1, -0.05) is 13.0 Å². The number of hydrogen-bond acceptors (Lipinski definition) is 5. The third-order valence-corrected chi connectivity index (χ3v) is 4.11. The molecule has 0 aliphatic heterocycles. The number of aliphatic hydroxyl groups is 1. The van der Waals surface area contributed by atoms with Gasteiger partial charge in [-0.15, -0.1) is 0 Å². The summed E-state index contributed by atoms with van der Waals surface area (Å²) >= 11 is 0. The molecule has 1 aliphatic rings. The average Bonchev–Trinajstić information content (AvgIpc) is 2.60. The molecule has 0 spiro atoms. The minimum Gasteiger partial charge on any atom is -0.487 e. The van der Waals surface area contributed by atoms with Gasteiger partial charge >= 0.3 is 5.69 Å². The first-order valence-corrected chi connectivity index (χ1v) is 8.57. The number of rotatable bonds is 7. The van der Waals surface area contributed by atoms with Crippen molar-refractivity contribution >= 4 is 17.7 Å². The van der Waals surface area contributed by atoms with E-state index in [0.717, 1.165) is 19.3 Å². The maximum absolute atomic E-state index is 12.0. The van der Waals surface area contributed by atoms with E-state index >= 15 is 0 Å². The summed E-state index contributed by atoms with van der Waals surface area (Å²) in [5.74, 6) is -0.00966. The molecule has 0 saturated heterocycles. The largest absolute Gasteiger partial charge is 0.487 e. The molecule has 7 nitrogen and oxygen atoms in total. The maximum Gasteiger partial charge on any atom is 0.311 e. The molecular weight excluding hydrogens is 324 g/mol. The highest BCUT2D eigenvalue weighted by Gasteiger charge is 2.20. The average molecular weight is 348 g/mol. The molecule has 0 unspecified atom stereocenters. The summed E-state index contributed by atoms with van der Waals surface area (Å²) in [6.45, 7) is 2.34. The second-order valence-electron chi connectivity index (χ2n) is 6.18. The van der Waals surface area contributed by atoms with Gasteiger partial charge < -0.3 is 15.2 Å². The Morgan fingerprint density at radius 3 is 2.76 bits per heavy atom. The number of carbonyl (C=O) groups is 1. The Labute approximate surface area is 146 Å². The zero-order valence-electron chi connectivity index (χ0n) is 14.3. The summed E-state index contributed by atoms with van der Waals surface area (Å²) in [7, 11) is 0. The monoisotopic (exact) mass is 348 g/mol. The minimum absolute atomic E-state index is 0.0692. The Kier molecular flexibility index (Phi) is 6.94. The van der Waals surface area contributed by atoms with E-state index in [1.54, 1.807) is 18.2 Å². The van der Waals surface area contributed by atoms with Gasteiger partial charge in [0.1, 0.15) is 0 Å². The summed E-state index contributed by atoms with van der Waals surface area (Å²) in [6, 6.07) is 4.69. The molecule has 0 atom stereocenters. The van der Waals surface area contributed by atoms with E-state index in [0.29, 0.717) is 25.0 Å². The highest BCUT2D eigenvalue weighted by Crippen LogP contribution is 2.28. The summed E-state index contributed by atoms with van der Waals surface area (Å²) < 4.78 is 5.37. The van der Waals surface area contributed by atoms with E-state index in [2.05, 4.69) is 5.32 Å². The zero-order chi connectivity index (χ0) is 18.2. The van der Waals surface area contributed by atoms with Crippen LogP contribution in [0.3, 0.4) is 0 Å². The van der Waals surface area contributed by atoms with Gasteiger partial charge in [0.25, 0.3) is 0 Å². The fourth-order valence-corrected chi connectivity index (χ4v) is 2.76. The van der Waals surface area contributed by atoms with Gasteiger partial charge in [-0.25, -0.2) is 0 Å². The first-order valence-electron chi connectivity index (χ1n) is 8.57. The summed E-state index contributed by atoms with van der Waals surface area (Å²) in [5, 5.41) is 23.5. The van der Waals surface area contributed by atoms with Crippen LogP contribution in [0.15, 0.2) is 24.3 Å². The van der Waals surface area contributed by atoms with Crippen LogP contribution in [0.25, 0.3) is 6.08 Å². The third-order valence-electron chi connectivity index (χ3n) is 4.11. The van der Waals surface area contributed by atoms with Gasteiger partial charge in [-0.05, 0) is 49.8 Å². The molecule has 1 aromatic carbocycles. The van der Waals surface area contributed by atoms with Gasteiger partial charge in [-0.3, -0.25) is 14.9 Å². The van der Waals surface area contributed by atoms with Crippen LogP contribution in [0.4, 0.5) is 5.69 Å². The van der Waals surface area contributed by atoms with Crippen molar-refractivity contribution in [3.8, 4) is 5.75 Å². The normalized spacial score (nSPS) is 20.4. The lowest BCUT2D eigenvalue weighted by atomic mass is 9.93. The Hall–Kier alpha value is -2.41. The van der Waals surface area contributed by atoms with Crippen molar-refractivity contribution < 1.29 is 19.6 Å². The second-order valence-corrected chi connectivity index (χ2v) is 6.18. The SMILES string of the molecule is CCCOc1ccc(/C=C/C(=O)NC2CCC(O)CC2)cc1[N+](=O)[O-]. The first-order chi connectivity index (χ1) is 12.0. The molecule has 7 heteroatoms. The quantitative estimate of drug-likeness (QED) is 0.448. The van der Waals surface area contributed by atoms with Crippen molar-refractivity contribution in [2.45, 2.75) is 51.2 Å². The standard InChI is InChI=1S/C18H24N2O5/c1-2-11-25-17-9-3-13(12-16(17)20(23)24)4-10-18(22)19-14-5-7-15(21)8-6-14/h3-4,9-10,12,14-15,21H,2,5-8,11H2,1H3,(H,19,22)/b10-4+. The predicted molar refractivity (Wildman–Crippen MR) is 94.3 cm³/mol. The van der Waals surface area contributed by atoms with Crippen LogP contribution in [0.1, 0.15) is 44.6 Å². The molecule has 0 aromatic heterocycles. The van der Waals surface area contributed by atoms with Crippen molar-refractivity contribution in [3.63, 3.8) is 0 Å². The number of benzene rings is 1. The van der Waals surface area contributed by atoms with Crippen molar-refractivity contribution in [1.82, 2.24) is 5.32 Å². The molecule has 2 rings (SSSR count). The molecule has 1 fully saturated rings. The number of nitrogens with one attached hydrogen (secondary N) is 1. The highest BCUT2D eigenvalue weighted by atomic mass is 16.6. The van der Waals surface area contributed by atoms with Crippen LogP contribution in [-0.2, 0) is 4.79 Å². The number of nitro benzene ring substituents is 1. The minimum atomic E-state index is -0.490. The van der Waals surface area contributed by atoms with E-state index < -0.39 is 4.92 Å². The highest BCUT2D eigenvalue weighted by molar-refractivity contribution is 5.92. The fraction of sp³-hybridized carbons (Fsp3) is 0.500. The van der Waals surface area contributed by atoms with E-state index in [-0.39, 0.29) is 29.5 Å². The lowest BCUT2D eigenvalue weighted by Crippen LogP contribution is -2.37. The molecule has 25 heavy (non-hydrogen) atoms. The van der Waals surface area contributed by atoms with Gasteiger partial charge in [0.15, 0.2) is 5.75 Å². The number of nitro groups is 1. The third kappa shape index (κ3) is 5.86. The lowest BCUT2D eigenvalue weighted by Gasteiger charge is -2.25. The first kappa shape index (κ1) is 18.9. The lowest BCUT2D eigenvalue weighted by molar-refractivity contribution is -0.385. The number of aliphatic hydroxyl groups excluding tert-OH is 1. The van der Waals surface area contributed by atoms with Crippen molar-refractivity contribution in [1.29, 1.82) is 0 Å². The second kappa shape index (κ2) is 9.17. The predicted octanol–water partition coefficient (Wildman–Crippen LogP) is 2.82. The number of hydrogen-bond donors (Lipinski definition) is 2. The molecule has 1 aliphatic carbocycles.